The summed E-state index contributed by atoms with van der Waals surface area (Å²) in [6, 6.07) is 0. The zero-order valence-corrected chi connectivity index (χ0v) is 16.7. The van der Waals surface area contributed by atoms with Gasteiger partial charge in [-0.15, -0.1) is 0 Å². The number of hydrogen-bond acceptors (Lipinski definition) is 2. The Bertz CT molecular complexity index is 427. The first-order valence-electron chi connectivity index (χ1n) is 10.8. The molecule has 0 bridgehead atoms. The molecule has 1 aliphatic carbocycles. The van der Waals surface area contributed by atoms with Crippen molar-refractivity contribution in [3.8, 4) is 0 Å². The van der Waals surface area contributed by atoms with Gasteiger partial charge in [0.1, 0.15) is 5.54 Å². The number of allylic oxidation sites excluding steroid dienone is 2. The third-order valence-electron chi connectivity index (χ3n) is 5.20. The van der Waals surface area contributed by atoms with Crippen molar-refractivity contribution in [2.75, 3.05) is 0 Å². The van der Waals surface area contributed by atoms with Gasteiger partial charge in [-0.2, -0.15) is 0 Å². The van der Waals surface area contributed by atoms with E-state index in [-0.39, 0.29) is 13.3 Å². The predicted molar refractivity (Wildman–Crippen MR) is 114 cm³/mol. The van der Waals surface area contributed by atoms with E-state index in [0.717, 1.165) is 25.7 Å². The summed E-state index contributed by atoms with van der Waals surface area (Å²) >= 11 is 0. The fraction of sp³-hybridized carbons (Fsp3) is 0.826. The minimum absolute atomic E-state index is 0. The lowest BCUT2D eigenvalue weighted by molar-refractivity contribution is -0.143. The molecule has 1 aliphatic rings. The fourth-order valence-corrected chi connectivity index (χ4v) is 3.20. The molecule has 1 saturated carbocycles. The normalized spacial score (nSPS) is 14.7. The van der Waals surface area contributed by atoms with Crippen LogP contribution in [0, 0.1) is 0 Å². The molecule has 4 heteroatoms. The predicted octanol–water partition coefficient (Wildman–Crippen LogP) is 6.39. The van der Waals surface area contributed by atoms with Crippen molar-refractivity contribution < 1.29 is 14.7 Å². The lowest BCUT2D eigenvalue weighted by atomic mass is 10.1. The number of carbonyl (C=O) groups excluding carboxylic acids is 1. The van der Waals surface area contributed by atoms with Gasteiger partial charge >= 0.3 is 5.97 Å². The van der Waals surface area contributed by atoms with E-state index in [0.29, 0.717) is 19.3 Å². The quantitative estimate of drug-likeness (QED) is 0.226. The number of aliphatic carboxylic acids is 1. The Morgan fingerprint density at radius 1 is 0.852 bits per heavy atom. The minimum atomic E-state index is -0.932. The minimum Gasteiger partial charge on any atom is -0.480 e. The zero-order chi connectivity index (χ0) is 19.1. The Morgan fingerprint density at radius 2 is 1.33 bits per heavy atom. The van der Waals surface area contributed by atoms with Crippen molar-refractivity contribution in [2.45, 2.75) is 123 Å². The molecule has 0 aromatic heterocycles. The molecule has 1 rings (SSSR count). The average Bonchev–Trinajstić information content (AvgIpc) is 3.39. The van der Waals surface area contributed by atoms with Crippen LogP contribution in [0.4, 0.5) is 0 Å². The molecule has 4 nitrogen and oxygen atoms in total. The Kier molecular flexibility index (Phi) is 14.9. The van der Waals surface area contributed by atoms with Gasteiger partial charge < -0.3 is 10.4 Å². The highest BCUT2D eigenvalue weighted by Gasteiger charge is 2.51. The zero-order valence-electron chi connectivity index (χ0n) is 16.7. The van der Waals surface area contributed by atoms with Crippen molar-refractivity contribution in [1.82, 2.24) is 5.32 Å². The second-order valence-electron chi connectivity index (χ2n) is 7.77. The third kappa shape index (κ3) is 12.6. The highest BCUT2D eigenvalue weighted by molar-refractivity contribution is 5.89. The number of hydrogen-bond donors (Lipinski definition) is 2. The molecule has 2 N–H and O–H groups in total. The Labute approximate surface area is 167 Å². The molecular formula is C23H43NO3. The number of unbranched alkanes of at least 4 members (excludes halogenated alkanes) is 11. The summed E-state index contributed by atoms with van der Waals surface area (Å²) < 4.78 is 0. The van der Waals surface area contributed by atoms with E-state index in [2.05, 4.69) is 24.4 Å². The van der Waals surface area contributed by atoms with Gasteiger partial charge in [0.15, 0.2) is 0 Å². The summed E-state index contributed by atoms with van der Waals surface area (Å²) in [5, 5.41) is 11.7. The molecule has 1 amide bonds. The Morgan fingerprint density at radius 3 is 1.81 bits per heavy atom. The average molecular weight is 382 g/mol. The number of carboxylic acids is 1. The molecule has 0 aromatic carbocycles. The standard InChI is InChI=1S/C22H39NO3.CH4/c1-2-3-4-5-6-7-8-9-10-11-12-13-14-15-16-17-20(24)23-22(18-19-22)21(25)26;/h9-10H,2-8,11-19H2,1H3,(H,23,24)(H,25,26);1H4/b10-9-;. The molecule has 0 aromatic rings. The summed E-state index contributed by atoms with van der Waals surface area (Å²) in [4.78, 5) is 22.8. The maximum absolute atomic E-state index is 11.8. The van der Waals surface area contributed by atoms with Gasteiger partial charge in [-0.25, -0.2) is 4.79 Å². The maximum Gasteiger partial charge on any atom is 0.329 e. The van der Waals surface area contributed by atoms with Gasteiger partial charge in [0, 0.05) is 6.42 Å². The molecule has 27 heavy (non-hydrogen) atoms. The van der Waals surface area contributed by atoms with E-state index in [1.54, 1.807) is 0 Å². The lowest BCUT2D eigenvalue weighted by Gasteiger charge is -2.12. The third-order valence-corrected chi connectivity index (χ3v) is 5.20. The summed E-state index contributed by atoms with van der Waals surface area (Å²) in [6.07, 6.45) is 22.3. The van der Waals surface area contributed by atoms with Crippen molar-refractivity contribution >= 4 is 11.9 Å². The molecule has 1 fully saturated rings. The van der Waals surface area contributed by atoms with E-state index in [4.69, 9.17) is 5.11 Å². The van der Waals surface area contributed by atoms with Crippen LogP contribution in [0.1, 0.15) is 117 Å². The van der Waals surface area contributed by atoms with Crippen LogP contribution in [0.15, 0.2) is 12.2 Å². The van der Waals surface area contributed by atoms with Crippen molar-refractivity contribution in [3.63, 3.8) is 0 Å². The van der Waals surface area contributed by atoms with Crippen LogP contribution >= 0.6 is 0 Å². The molecule has 158 valence electrons. The molecular weight excluding hydrogens is 338 g/mol. The van der Waals surface area contributed by atoms with E-state index >= 15 is 0 Å². The van der Waals surface area contributed by atoms with Gasteiger partial charge in [-0.1, -0.05) is 77.9 Å². The molecule has 0 aliphatic heterocycles. The van der Waals surface area contributed by atoms with Crippen LogP contribution < -0.4 is 5.32 Å². The molecule has 0 unspecified atom stereocenters. The first kappa shape index (κ1) is 25.7. The van der Waals surface area contributed by atoms with Crippen molar-refractivity contribution in [3.05, 3.63) is 12.2 Å². The van der Waals surface area contributed by atoms with Crippen LogP contribution in [0.25, 0.3) is 0 Å². The highest BCUT2D eigenvalue weighted by atomic mass is 16.4. The van der Waals surface area contributed by atoms with Crippen LogP contribution in [0.5, 0.6) is 0 Å². The molecule has 0 saturated heterocycles. The van der Waals surface area contributed by atoms with Crippen molar-refractivity contribution in [1.29, 1.82) is 0 Å². The van der Waals surface area contributed by atoms with Gasteiger partial charge in [0.2, 0.25) is 5.91 Å². The number of rotatable bonds is 17. The van der Waals surface area contributed by atoms with Crippen LogP contribution in [-0.2, 0) is 9.59 Å². The van der Waals surface area contributed by atoms with Crippen LogP contribution in [0.3, 0.4) is 0 Å². The number of carbonyl (C=O) groups is 2. The van der Waals surface area contributed by atoms with Gasteiger partial charge in [-0.3, -0.25) is 4.79 Å². The lowest BCUT2D eigenvalue weighted by Crippen LogP contribution is -2.42. The van der Waals surface area contributed by atoms with Gasteiger partial charge in [-0.05, 0) is 44.9 Å². The Hall–Kier alpha value is -1.32. The van der Waals surface area contributed by atoms with Crippen LogP contribution in [0.2, 0.25) is 0 Å². The van der Waals surface area contributed by atoms with E-state index in [1.165, 1.54) is 57.8 Å². The van der Waals surface area contributed by atoms with E-state index in [1.807, 2.05) is 0 Å². The Balaban J connectivity index is 0.00000676. The molecule has 0 atom stereocenters. The molecule has 0 spiro atoms. The van der Waals surface area contributed by atoms with E-state index in [9.17, 15) is 9.59 Å². The second kappa shape index (κ2) is 15.7. The van der Waals surface area contributed by atoms with Gasteiger partial charge in [0.25, 0.3) is 0 Å². The fourth-order valence-electron chi connectivity index (χ4n) is 3.20. The van der Waals surface area contributed by atoms with E-state index < -0.39 is 11.5 Å². The first-order valence-corrected chi connectivity index (χ1v) is 10.8. The summed E-state index contributed by atoms with van der Waals surface area (Å²) in [7, 11) is 0. The molecule has 0 heterocycles. The monoisotopic (exact) mass is 381 g/mol. The topological polar surface area (TPSA) is 66.4 Å². The highest BCUT2D eigenvalue weighted by Crippen LogP contribution is 2.35. The number of amides is 1. The first-order chi connectivity index (χ1) is 12.6. The number of nitrogens with one attached hydrogen (secondary N) is 1. The smallest absolute Gasteiger partial charge is 0.329 e. The summed E-state index contributed by atoms with van der Waals surface area (Å²) in [5.41, 5.74) is -0.932. The van der Waals surface area contributed by atoms with Crippen LogP contribution in [-0.4, -0.2) is 22.5 Å². The second-order valence-corrected chi connectivity index (χ2v) is 7.77. The molecule has 0 radical (unpaired) electrons. The summed E-state index contributed by atoms with van der Waals surface area (Å²) in [6.45, 7) is 2.25. The maximum atomic E-state index is 11.8. The SMILES string of the molecule is C.CCCCCCCC/C=C\CCCCCCCC(=O)NC1(C(=O)O)CC1. The van der Waals surface area contributed by atoms with Gasteiger partial charge in [0.05, 0.1) is 0 Å². The largest absolute Gasteiger partial charge is 0.480 e. The van der Waals surface area contributed by atoms with Crippen molar-refractivity contribution in [2.24, 2.45) is 0 Å². The number of carboxylic acid groups (broad SMARTS) is 1. The summed E-state index contributed by atoms with van der Waals surface area (Å²) in [5.74, 6) is -1.00.